The van der Waals surface area contributed by atoms with E-state index in [1.165, 1.54) is 0 Å². The van der Waals surface area contributed by atoms with E-state index in [0.29, 0.717) is 66.5 Å². The number of hydrogen-bond acceptors (Lipinski definition) is 11. The molecule has 0 saturated heterocycles. The number of ether oxygens (including phenoxy) is 1. The Labute approximate surface area is 325 Å². The minimum atomic E-state index is -0.592. The third-order valence-corrected chi connectivity index (χ3v) is 3.83. The molecule has 0 spiro atoms. The van der Waals surface area contributed by atoms with Gasteiger partial charge in [-0.3, -0.25) is 0 Å². The van der Waals surface area contributed by atoms with E-state index in [1.807, 2.05) is 0 Å². The van der Waals surface area contributed by atoms with Gasteiger partial charge in [-0.15, -0.1) is 0 Å². The quantitative estimate of drug-likeness (QED) is 0.281. The van der Waals surface area contributed by atoms with E-state index in [0.717, 1.165) is 0 Å². The molecule has 3 aromatic heterocycles. The van der Waals surface area contributed by atoms with E-state index in [4.69, 9.17) is 4.74 Å². The summed E-state index contributed by atoms with van der Waals surface area (Å²) in [6.07, 6.45) is 6.10. The van der Waals surface area contributed by atoms with E-state index in [-0.39, 0.29) is 170 Å². The van der Waals surface area contributed by atoms with E-state index in [1.54, 1.807) is 21.0 Å². The van der Waals surface area contributed by atoms with Crippen molar-refractivity contribution in [3.8, 4) is 0 Å². The van der Waals surface area contributed by atoms with Gasteiger partial charge in [-0.2, -0.15) is 0 Å². The van der Waals surface area contributed by atoms with Crippen LogP contribution >= 0.6 is 0 Å². The van der Waals surface area contributed by atoms with Crippen molar-refractivity contribution in [2.45, 2.75) is 45.6 Å². The molecular formula is C18H21N9O2Y5-2. The van der Waals surface area contributed by atoms with Crippen LogP contribution < -0.4 is 0 Å². The zero-order chi connectivity index (χ0) is 20.6. The average Bonchev–Trinajstić information content (AvgIpc) is 2.66. The van der Waals surface area contributed by atoms with Crippen LogP contribution in [-0.4, -0.2) is 69.8 Å². The van der Waals surface area contributed by atoms with Crippen LogP contribution in [0.25, 0.3) is 0 Å². The molecule has 0 aliphatic heterocycles. The molecule has 11 nitrogen and oxygen atoms in total. The predicted octanol–water partition coefficient (Wildman–Crippen LogP) is -0.432. The van der Waals surface area contributed by atoms with Crippen LogP contribution in [0, 0.1) is 26.5 Å². The molecule has 3 aromatic rings. The molecule has 0 fully saturated rings. The Balaban J connectivity index is -0.00000192. The van der Waals surface area contributed by atoms with Gasteiger partial charge in [0.15, 0.2) is 0 Å². The monoisotopic (exact) mass is 840 g/mol. The summed E-state index contributed by atoms with van der Waals surface area (Å²) in [5, 5.41) is 9.92. The van der Waals surface area contributed by atoms with Gasteiger partial charge in [0.1, 0.15) is 17.5 Å². The van der Waals surface area contributed by atoms with Crippen molar-refractivity contribution in [1.82, 2.24) is 44.9 Å². The summed E-state index contributed by atoms with van der Waals surface area (Å²) in [7, 11) is 1.55. The van der Waals surface area contributed by atoms with Gasteiger partial charge in [0, 0.05) is 226 Å². The summed E-state index contributed by atoms with van der Waals surface area (Å²) >= 11 is 0. The summed E-state index contributed by atoms with van der Waals surface area (Å²) in [4.78, 5) is 37.9. The maximum atomic E-state index is 9.92. The third kappa shape index (κ3) is 15.2. The summed E-state index contributed by atoms with van der Waals surface area (Å²) in [5.41, 5.74) is 0. The summed E-state index contributed by atoms with van der Waals surface area (Å²) < 4.78 is 4.96. The van der Waals surface area contributed by atoms with Gasteiger partial charge in [0.2, 0.25) is 0 Å². The molecule has 0 aromatic carbocycles. The molecule has 0 amide bonds. The molecule has 34 heavy (non-hydrogen) atoms. The molecule has 16 heteroatoms. The molecule has 0 bridgehead atoms. The first-order chi connectivity index (χ1) is 14.0. The Morgan fingerprint density at radius 2 is 1.12 bits per heavy atom. The molecule has 1 atom stereocenters. The first-order valence-electron chi connectivity index (χ1n) is 9.06. The molecule has 167 valence electrons. The fourth-order valence-electron chi connectivity index (χ4n) is 2.59. The average molecular weight is 840 g/mol. The fraction of sp³-hybridized carbons (Fsp3) is 0.500. The fourth-order valence-corrected chi connectivity index (χ4v) is 2.59. The second-order valence-electron chi connectivity index (χ2n) is 6.38. The molecular weight excluding hydrogens is 819 g/mol. The van der Waals surface area contributed by atoms with Crippen molar-refractivity contribution in [1.29, 1.82) is 0 Å². The normalized spacial score (nSPS) is 10.4. The van der Waals surface area contributed by atoms with E-state index < -0.39 is 6.10 Å². The summed E-state index contributed by atoms with van der Waals surface area (Å²) in [6.45, 7) is 3.79. The number of nitrogens with zero attached hydrogens (tertiary/aromatic N) is 9. The molecule has 3 rings (SSSR count). The van der Waals surface area contributed by atoms with Crippen LogP contribution in [-0.2, 0) is 188 Å². The van der Waals surface area contributed by atoms with Gasteiger partial charge in [0.25, 0.3) is 0 Å². The second kappa shape index (κ2) is 22.3. The van der Waals surface area contributed by atoms with Crippen LogP contribution in [0.4, 0.5) is 0 Å². The smallest absolute Gasteiger partial charge is 0.132 e. The number of aryl methyl sites for hydroxylation is 3. The number of aromatic nitrogens is 9. The molecule has 1 N–H and O–H groups in total. The zero-order valence-corrected chi connectivity index (χ0v) is 33.6. The number of aliphatic hydroxyl groups is 1. The van der Waals surface area contributed by atoms with Gasteiger partial charge in [-0.25, -0.2) is 15.0 Å². The summed E-state index contributed by atoms with van der Waals surface area (Å²) in [6, 6.07) is 0. The van der Waals surface area contributed by atoms with Crippen molar-refractivity contribution < 1.29 is 173 Å². The Morgan fingerprint density at radius 3 is 1.53 bits per heavy atom. The maximum Gasteiger partial charge on any atom is 0.132 e. The molecule has 0 saturated carbocycles. The minimum Gasteiger partial charge on any atom is -0.391 e. The van der Waals surface area contributed by atoms with Crippen molar-refractivity contribution in [3.05, 3.63) is 53.4 Å². The molecule has 5 radical (unpaired) electrons. The molecule has 3 heterocycles. The molecule has 0 aliphatic carbocycles. The van der Waals surface area contributed by atoms with E-state index in [2.05, 4.69) is 57.5 Å². The van der Waals surface area contributed by atoms with Gasteiger partial charge in [-0.1, -0.05) is 13.8 Å². The Kier molecular flexibility index (Phi) is 26.9. The van der Waals surface area contributed by atoms with Crippen LogP contribution in [0.15, 0.2) is 0 Å². The number of rotatable bonds is 9. The van der Waals surface area contributed by atoms with E-state index >= 15 is 0 Å². The topological polar surface area (TPSA) is 145 Å². The largest absolute Gasteiger partial charge is 0.391 e. The maximum absolute atomic E-state index is 9.92. The second-order valence-corrected chi connectivity index (χ2v) is 6.38. The Hall–Kier alpha value is 2.47. The Bertz CT molecular complexity index is 909. The first kappa shape index (κ1) is 41.0. The van der Waals surface area contributed by atoms with Crippen LogP contribution in [0.5, 0.6) is 0 Å². The zero-order valence-electron chi connectivity index (χ0n) is 19.4. The van der Waals surface area contributed by atoms with Gasteiger partial charge >= 0.3 is 0 Å². The number of hydrogen-bond donors (Lipinski definition) is 1. The Morgan fingerprint density at radius 1 is 0.676 bits per heavy atom. The third-order valence-electron chi connectivity index (χ3n) is 3.83. The SMILES string of the molecule is COCC(O)CCc1nc(Cc2n[c-]nc(C)n2)nc(Cc2n[c-]nc(C)n2)n1.[Y].[Y].[Y].[Y].[Y]. The predicted molar refractivity (Wildman–Crippen MR) is 98.4 cm³/mol. The van der Waals surface area contributed by atoms with Gasteiger partial charge in [-0.05, 0) is 6.42 Å². The van der Waals surface area contributed by atoms with Gasteiger partial charge < -0.3 is 39.7 Å². The van der Waals surface area contributed by atoms with Crippen molar-refractivity contribution in [3.63, 3.8) is 0 Å². The van der Waals surface area contributed by atoms with E-state index in [9.17, 15) is 5.11 Å². The van der Waals surface area contributed by atoms with Crippen molar-refractivity contribution in [2.75, 3.05) is 13.7 Å². The summed E-state index contributed by atoms with van der Waals surface area (Å²) in [5.74, 6) is 3.77. The minimum absolute atomic E-state index is 0. The number of aliphatic hydroxyl groups excluding tert-OH is 1. The van der Waals surface area contributed by atoms with Gasteiger partial charge in [0.05, 0.1) is 12.7 Å². The van der Waals surface area contributed by atoms with Crippen LogP contribution in [0.3, 0.4) is 0 Å². The van der Waals surface area contributed by atoms with Crippen LogP contribution in [0.1, 0.15) is 47.2 Å². The first-order valence-corrected chi connectivity index (χ1v) is 9.06. The molecule has 1 unspecified atom stereocenters. The van der Waals surface area contributed by atoms with Crippen molar-refractivity contribution >= 4 is 0 Å². The van der Waals surface area contributed by atoms with Crippen molar-refractivity contribution in [2.24, 2.45) is 0 Å². The van der Waals surface area contributed by atoms with Crippen LogP contribution in [0.2, 0.25) is 0 Å². The standard InChI is InChI=1S/C18H21N9O2.5Y/c1-11-19-9-21-15(23-11)6-17-25-14(5-4-13(28)8-29-3)26-18(27-17)7-16-22-10-20-12(2)24-16;;;;;/h13,28H,4-8H2,1-3H3;;;;;/q-2;;;;;. The molecule has 0 aliphatic rings. The number of methoxy groups -OCH3 is 1.